The molecular formula is C15H15BrIN. The predicted octanol–water partition coefficient (Wildman–Crippen LogP) is 4.72. The third-order valence-electron chi connectivity index (χ3n) is 3.12. The molecule has 0 amide bonds. The van der Waals surface area contributed by atoms with Crippen molar-refractivity contribution in [2.75, 3.05) is 0 Å². The maximum absolute atomic E-state index is 6.42. The van der Waals surface area contributed by atoms with Gasteiger partial charge in [-0.25, -0.2) is 0 Å². The van der Waals surface area contributed by atoms with Gasteiger partial charge in [0.25, 0.3) is 0 Å². The Hall–Kier alpha value is -0.390. The van der Waals surface area contributed by atoms with Gasteiger partial charge in [0, 0.05) is 8.04 Å². The molecule has 94 valence electrons. The summed E-state index contributed by atoms with van der Waals surface area (Å²) >= 11 is 5.90. The van der Waals surface area contributed by atoms with E-state index in [0.717, 1.165) is 4.47 Å². The van der Waals surface area contributed by atoms with Gasteiger partial charge in [0.2, 0.25) is 0 Å². The minimum absolute atomic E-state index is 0.0649. The molecule has 0 radical (unpaired) electrons. The molecular weight excluding hydrogens is 401 g/mol. The predicted molar refractivity (Wildman–Crippen MR) is 88.8 cm³/mol. The molecule has 0 spiro atoms. The van der Waals surface area contributed by atoms with Crippen LogP contribution in [0.15, 0.2) is 40.9 Å². The highest BCUT2D eigenvalue weighted by atomic mass is 127. The van der Waals surface area contributed by atoms with Crippen molar-refractivity contribution in [3.8, 4) is 0 Å². The van der Waals surface area contributed by atoms with E-state index in [1.807, 2.05) is 12.1 Å². The fraction of sp³-hybridized carbons (Fsp3) is 0.200. The molecule has 0 bridgehead atoms. The second-order valence-corrected chi connectivity index (χ2v) is 6.47. The van der Waals surface area contributed by atoms with Crippen molar-refractivity contribution in [3.05, 3.63) is 66.7 Å². The summed E-state index contributed by atoms with van der Waals surface area (Å²) in [6.07, 6.45) is 0. The van der Waals surface area contributed by atoms with E-state index in [1.165, 1.54) is 25.8 Å². The number of hydrogen-bond donors (Lipinski definition) is 1. The minimum Gasteiger partial charge on any atom is -0.320 e. The molecule has 2 aromatic rings. The smallest absolute Gasteiger partial charge is 0.0564 e. The van der Waals surface area contributed by atoms with Gasteiger partial charge in [0.05, 0.1) is 6.04 Å². The number of hydrogen-bond acceptors (Lipinski definition) is 1. The Balaban J connectivity index is 2.50. The van der Waals surface area contributed by atoms with E-state index in [2.05, 4.69) is 76.6 Å². The van der Waals surface area contributed by atoms with E-state index >= 15 is 0 Å². The molecule has 0 aliphatic carbocycles. The molecule has 3 heteroatoms. The van der Waals surface area contributed by atoms with Crippen LogP contribution in [0.25, 0.3) is 0 Å². The van der Waals surface area contributed by atoms with Gasteiger partial charge in [0.1, 0.15) is 0 Å². The van der Waals surface area contributed by atoms with Crippen LogP contribution in [0, 0.1) is 17.4 Å². The largest absolute Gasteiger partial charge is 0.320 e. The molecule has 0 saturated carbocycles. The topological polar surface area (TPSA) is 26.0 Å². The van der Waals surface area contributed by atoms with Crippen LogP contribution in [0.1, 0.15) is 28.3 Å². The zero-order valence-corrected chi connectivity index (χ0v) is 14.1. The molecule has 0 heterocycles. The van der Waals surface area contributed by atoms with Crippen molar-refractivity contribution in [1.82, 2.24) is 0 Å². The van der Waals surface area contributed by atoms with Crippen LogP contribution >= 0.6 is 38.5 Å². The van der Waals surface area contributed by atoms with Crippen LogP contribution in [-0.4, -0.2) is 0 Å². The molecule has 0 fully saturated rings. The van der Waals surface area contributed by atoms with Crippen molar-refractivity contribution in [2.24, 2.45) is 5.73 Å². The molecule has 2 rings (SSSR count). The van der Waals surface area contributed by atoms with Crippen molar-refractivity contribution in [3.63, 3.8) is 0 Å². The van der Waals surface area contributed by atoms with Crippen molar-refractivity contribution in [2.45, 2.75) is 19.9 Å². The highest BCUT2D eigenvalue weighted by Crippen LogP contribution is 2.29. The first kappa shape index (κ1) is 14.0. The highest BCUT2D eigenvalue weighted by molar-refractivity contribution is 14.1. The number of nitrogens with two attached hydrogens (primary N) is 1. The Morgan fingerprint density at radius 1 is 1.06 bits per heavy atom. The first-order valence-electron chi connectivity index (χ1n) is 5.77. The Bertz CT molecular complexity index is 581. The average molecular weight is 416 g/mol. The van der Waals surface area contributed by atoms with Gasteiger partial charge in [-0.2, -0.15) is 0 Å². The summed E-state index contributed by atoms with van der Waals surface area (Å²) in [6, 6.07) is 12.5. The Labute approximate surface area is 130 Å². The summed E-state index contributed by atoms with van der Waals surface area (Å²) in [5, 5.41) is 0. The standard InChI is InChI=1S/C15H15BrIN/c1-9-8-13(16)10(2)7-12(9)15(18)11-5-3-4-6-14(11)17/h3-8,15H,18H2,1-2H3. The van der Waals surface area contributed by atoms with Crippen LogP contribution < -0.4 is 5.73 Å². The second kappa shape index (κ2) is 5.72. The highest BCUT2D eigenvalue weighted by Gasteiger charge is 2.15. The quantitative estimate of drug-likeness (QED) is 0.705. The van der Waals surface area contributed by atoms with Crippen LogP contribution in [0.5, 0.6) is 0 Å². The Morgan fingerprint density at radius 2 is 1.72 bits per heavy atom. The van der Waals surface area contributed by atoms with E-state index in [9.17, 15) is 0 Å². The molecule has 0 aliphatic rings. The van der Waals surface area contributed by atoms with Crippen LogP contribution in [0.4, 0.5) is 0 Å². The average Bonchev–Trinajstić information content (AvgIpc) is 2.33. The third-order valence-corrected chi connectivity index (χ3v) is 4.96. The molecule has 0 saturated heterocycles. The van der Waals surface area contributed by atoms with Gasteiger partial charge in [-0.15, -0.1) is 0 Å². The van der Waals surface area contributed by atoms with E-state index in [4.69, 9.17) is 5.73 Å². The third kappa shape index (κ3) is 2.78. The van der Waals surface area contributed by atoms with Gasteiger partial charge < -0.3 is 5.73 Å². The van der Waals surface area contributed by atoms with Crippen molar-refractivity contribution in [1.29, 1.82) is 0 Å². The Kier molecular flexibility index (Phi) is 4.45. The van der Waals surface area contributed by atoms with E-state index in [-0.39, 0.29) is 6.04 Å². The van der Waals surface area contributed by atoms with Gasteiger partial charge in [-0.1, -0.05) is 40.2 Å². The lowest BCUT2D eigenvalue weighted by atomic mass is 9.94. The molecule has 1 unspecified atom stereocenters. The maximum atomic E-state index is 6.42. The van der Waals surface area contributed by atoms with Gasteiger partial charge >= 0.3 is 0 Å². The van der Waals surface area contributed by atoms with Crippen molar-refractivity contribution >= 4 is 38.5 Å². The zero-order chi connectivity index (χ0) is 13.3. The minimum atomic E-state index is -0.0649. The summed E-state index contributed by atoms with van der Waals surface area (Å²) in [5.41, 5.74) is 11.2. The summed E-state index contributed by atoms with van der Waals surface area (Å²) in [6.45, 7) is 4.20. The van der Waals surface area contributed by atoms with Crippen LogP contribution in [0.3, 0.4) is 0 Å². The molecule has 1 nitrogen and oxygen atoms in total. The first-order chi connectivity index (χ1) is 8.50. The molecule has 1 atom stereocenters. The second-order valence-electron chi connectivity index (χ2n) is 4.46. The van der Waals surface area contributed by atoms with Crippen LogP contribution in [0.2, 0.25) is 0 Å². The summed E-state index contributed by atoms with van der Waals surface area (Å²) in [7, 11) is 0. The lowest BCUT2D eigenvalue weighted by molar-refractivity contribution is 0.853. The molecule has 18 heavy (non-hydrogen) atoms. The SMILES string of the molecule is Cc1cc(C(N)c2ccccc2I)c(C)cc1Br. The van der Waals surface area contributed by atoms with Gasteiger partial charge in [0.15, 0.2) is 0 Å². The first-order valence-corrected chi connectivity index (χ1v) is 7.64. The summed E-state index contributed by atoms with van der Waals surface area (Å²) in [5.74, 6) is 0. The van der Waals surface area contributed by atoms with Gasteiger partial charge in [-0.3, -0.25) is 0 Å². The fourth-order valence-corrected chi connectivity index (χ4v) is 3.21. The molecule has 0 aliphatic heterocycles. The number of halogens is 2. The zero-order valence-electron chi connectivity index (χ0n) is 10.4. The van der Waals surface area contributed by atoms with Crippen molar-refractivity contribution < 1.29 is 0 Å². The number of aryl methyl sites for hydroxylation is 2. The van der Waals surface area contributed by atoms with Gasteiger partial charge in [-0.05, 0) is 70.8 Å². The number of benzene rings is 2. The Morgan fingerprint density at radius 3 is 2.39 bits per heavy atom. The fourth-order valence-electron chi connectivity index (χ4n) is 2.03. The molecule has 0 aromatic heterocycles. The van der Waals surface area contributed by atoms with E-state index < -0.39 is 0 Å². The van der Waals surface area contributed by atoms with E-state index in [0.29, 0.717) is 0 Å². The molecule has 2 N–H and O–H groups in total. The number of rotatable bonds is 2. The van der Waals surface area contributed by atoms with E-state index in [1.54, 1.807) is 0 Å². The lowest BCUT2D eigenvalue weighted by Crippen LogP contribution is -2.15. The monoisotopic (exact) mass is 415 g/mol. The van der Waals surface area contributed by atoms with Crippen LogP contribution in [-0.2, 0) is 0 Å². The summed E-state index contributed by atoms with van der Waals surface area (Å²) in [4.78, 5) is 0. The molecule has 2 aromatic carbocycles. The summed E-state index contributed by atoms with van der Waals surface area (Å²) < 4.78 is 2.35. The lowest BCUT2D eigenvalue weighted by Gasteiger charge is -2.18. The normalized spacial score (nSPS) is 12.5. The maximum Gasteiger partial charge on any atom is 0.0564 e.